The van der Waals surface area contributed by atoms with Crippen molar-refractivity contribution in [1.29, 1.82) is 0 Å². The van der Waals surface area contributed by atoms with Gasteiger partial charge in [-0.25, -0.2) is 4.98 Å². The molecule has 0 atom stereocenters. The molecule has 0 bridgehead atoms. The second-order valence-electron chi connectivity index (χ2n) is 5.89. The number of methoxy groups -OCH3 is 1. The number of pyridine rings is 1. The van der Waals surface area contributed by atoms with Crippen LogP contribution in [0.5, 0.6) is 5.75 Å². The topological polar surface area (TPSA) is 86.5 Å². The fourth-order valence-corrected chi connectivity index (χ4v) is 2.34. The highest BCUT2D eigenvalue weighted by Crippen LogP contribution is 2.14. The van der Waals surface area contributed by atoms with Gasteiger partial charge in [0.2, 0.25) is 0 Å². The van der Waals surface area contributed by atoms with E-state index in [0.717, 1.165) is 24.2 Å². The summed E-state index contributed by atoms with van der Waals surface area (Å²) in [7, 11) is 1.58. The number of nitrogens with one attached hydrogen (secondary N) is 1. The van der Waals surface area contributed by atoms with E-state index in [1.807, 2.05) is 24.3 Å². The van der Waals surface area contributed by atoms with Crippen LogP contribution in [-0.2, 0) is 17.9 Å². The van der Waals surface area contributed by atoms with Gasteiger partial charge in [-0.15, -0.1) is 0 Å². The molecule has 6 heteroatoms. The summed E-state index contributed by atoms with van der Waals surface area (Å²) in [6.45, 7) is 3.15. The predicted molar refractivity (Wildman–Crippen MR) is 105 cm³/mol. The number of nitrogens with two attached hydrogens (primary N) is 1. The molecule has 0 aliphatic heterocycles. The number of nitrogen functional groups attached to an aromatic ring is 1. The number of amides is 1. The van der Waals surface area contributed by atoms with Gasteiger partial charge in [-0.05, 0) is 36.2 Å². The molecule has 2 aromatic rings. The van der Waals surface area contributed by atoms with Gasteiger partial charge < -0.3 is 20.5 Å². The minimum absolute atomic E-state index is 0.185. The second kappa shape index (κ2) is 10.8. The standard InChI is InChI=1S/C21H25N3O3/c1-3-4-5-6-12-27-18-9-7-8-16(13-18)14-23-21(25)19-11-10-17(15-26-2)24-20(19)22/h7-11,13H,3-4,12,14-15H2,1-2H3,(H2,22,24)(H,23,25). The minimum Gasteiger partial charge on any atom is -0.481 e. The van der Waals surface area contributed by atoms with E-state index in [0.29, 0.717) is 31.0 Å². The quantitative estimate of drug-likeness (QED) is 0.701. The predicted octanol–water partition coefficient (Wildman–Crippen LogP) is 2.92. The molecule has 0 saturated heterocycles. The number of anilines is 1. The Morgan fingerprint density at radius 2 is 2.11 bits per heavy atom. The number of ether oxygens (including phenoxy) is 2. The lowest BCUT2D eigenvalue weighted by Gasteiger charge is -2.09. The monoisotopic (exact) mass is 367 g/mol. The molecule has 0 unspecified atom stereocenters. The number of hydrogen-bond donors (Lipinski definition) is 2. The van der Waals surface area contributed by atoms with Crippen molar-refractivity contribution in [1.82, 2.24) is 10.3 Å². The van der Waals surface area contributed by atoms with Gasteiger partial charge in [-0.2, -0.15) is 0 Å². The molecule has 0 aliphatic rings. The molecule has 0 radical (unpaired) electrons. The Hall–Kier alpha value is -3.04. The Morgan fingerprint density at radius 3 is 2.85 bits per heavy atom. The number of aromatic nitrogens is 1. The Kier molecular flexibility index (Phi) is 8.14. The molecule has 142 valence electrons. The maximum Gasteiger partial charge on any atom is 0.255 e. The van der Waals surface area contributed by atoms with Crippen LogP contribution in [0.15, 0.2) is 36.4 Å². The molecule has 1 amide bonds. The fraction of sp³-hybridized carbons (Fsp3) is 0.333. The maximum atomic E-state index is 12.4. The number of rotatable bonds is 8. The molecular formula is C21H25N3O3. The third-order valence-electron chi connectivity index (χ3n) is 3.68. The molecule has 0 aliphatic carbocycles. The molecule has 0 spiro atoms. The van der Waals surface area contributed by atoms with E-state index in [1.165, 1.54) is 0 Å². The Bertz CT molecular complexity index is 825. The number of hydrogen-bond acceptors (Lipinski definition) is 5. The smallest absolute Gasteiger partial charge is 0.255 e. The number of nitrogens with zero attached hydrogens (tertiary/aromatic N) is 1. The molecule has 27 heavy (non-hydrogen) atoms. The molecule has 1 aromatic heterocycles. The van der Waals surface area contributed by atoms with Crippen LogP contribution in [0.2, 0.25) is 0 Å². The molecule has 1 aromatic carbocycles. The van der Waals surface area contributed by atoms with Gasteiger partial charge >= 0.3 is 0 Å². The Balaban J connectivity index is 1.91. The van der Waals surface area contributed by atoms with Crippen molar-refractivity contribution in [2.75, 3.05) is 19.5 Å². The SMILES string of the molecule is CCCC#CCOc1cccc(CNC(=O)c2ccc(COC)nc2N)c1. The Morgan fingerprint density at radius 1 is 1.26 bits per heavy atom. The highest BCUT2D eigenvalue weighted by atomic mass is 16.5. The lowest BCUT2D eigenvalue weighted by Crippen LogP contribution is -2.24. The average Bonchev–Trinajstić information content (AvgIpc) is 2.67. The van der Waals surface area contributed by atoms with Gasteiger partial charge in [0.05, 0.1) is 17.9 Å². The molecule has 0 saturated carbocycles. The summed E-state index contributed by atoms with van der Waals surface area (Å²) in [5, 5.41) is 2.85. The number of carbonyl (C=O) groups excluding carboxylic acids is 1. The van der Waals surface area contributed by atoms with Crippen molar-refractivity contribution in [3.8, 4) is 17.6 Å². The molecule has 1 heterocycles. The Labute approximate surface area is 160 Å². The molecular weight excluding hydrogens is 342 g/mol. The van der Waals surface area contributed by atoms with Gasteiger partial charge in [0.1, 0.15) is 18.2 Å². The number of carbonyl (C=O) groups is 1. The third-order valence-corrected chi connectivity index (χ3v) is 3.68. The van der Waals surface area contributed by atoms with Gasteiger partial charge in [0.25, 0.3) is 5.91 Å². The zero-order valence-corrected chi connectivity index (χ0v) is 15.7. The molecule has 0 fully saturated rings. The summed E-state index contributed by atoms with van der Waals surface area (Å²) in [6.07, 6.45) is 1.91. The van der Waals surface area contributed by atoms with Crippen LogP contribution in [0.25, 0.3) is 0 Å². The summed E-state index contributed by atoms with van der Waals surface area (Å²) in [5.41, 5.74) is 7.82. The van der Waals surface area contributed by atoms with E-state index in [2.05, 4.69) is 29.1 Å². The highest BCUT2D eigenvalue weighted by molar-refractivity contribution is 5.98. The van der Waals surface area contributed by atoms with E-state index in [1.54, 1.807) is 19.2 Å². The second-order valence-corrected chi connectivity index (χ2v) is 5.89. The average molecular weight is 367 g/mol. The first-order chi connectivity index (χ1) is 13.1. The molecule has 6 nitrogen and oxygen atoms in total. The van der Waals surface area contributed by atoms with Crippen LogP contribution in [0.3, 0.4) is 0 Å². The third kappa shape index (κ3) is 6.65. The summed E-state index contributed by atoms with van der Waals surface area (Å²) in [5.74, 6) is 6.64. The summed E-state index contributed by atoms with van der Waals surface area (Å²) in [6, 6.07) is 10.9. The first kappa shape index (κ1) is 20.3. The van der Waals surface area contributed by atoms with Gasteiger partial charge in [-0.3, -0.25) is 4.79 Å². The van der Waals surface area contributed by atoms with Crippen LogP contribution in [0.4, 0.5) is 5.82 Å². The first-order valence-electron chi connectivity index (χ1n) is 8.84. The van der Waals surface area contributed by atoms with Crippen molar-refractivity contribution in [3.63, 3.8) is 0 Å². The lowest BCUT2D eigenvalue weighted by molar-refractivity contribution is 0.0951. The van der Waals surface area contributed by atoms with E-state index in [9.17, 15) is 4.79 Å². The van der Waals surface area contributed by atoms with E-state index < -0.39 is 0 Å². The van der Waals surface area contributed by atoms with Crippen molar-refractivity contribution >= 4 is 11.7 Å². The van der Waals surface area contributed by atoms with E-state index in [4.69, 9.17) is 15.2 Å². The fourth-order valence-electron chi connectivity index (χ4n) is 2.34. The van der Waals surface area contributed by atoms with Crippen molar-refractivity contribution in [2.45, 2.75) is 32.9 Å². The van der Waals surface area contributed by atoms with Crippen LogP contribution in [-0.4, -0.2) is 24.6 Å². The van der Waals surface area contributed by atoms with Gasteiger partial charge in [-0.1, -0.05) is 30.9 Å². The molecule has 2 rings (SSSR count). The van der Waals surface area contributed by atoms with Crippen LogP contribution >= 0.6 is 0 Å². The summed E-state index contributed by atoms with van der Waals surface area (Å²) >= 11 is 0. The van der Waals surface area contributed by atoms with Gasteiger partial charge in [0.15, 0.2) is 0 Å². The van der Waals surface area contributed by atoms with Crippen LogP contribution in [0.1, 0.15) is 41.4 Å². The van der Waals surface area contributed by atoms with Crippen molar-refractivity contribution in [3.05, 3.63) is 53.2 Å². The van der Waals surface area contributed by atoms with Gasteiger partial charge in [0, 0.05) is 20.1 Å². The molecule has 3 N–H and O–H groups in total. The lowest BCUT2D eigenvalue weighted by atomic mass is 10.2. The summed E-state index contributed by atoms with van der Waals surface area (Å²) < 4.78 is 10.6. The van der Waals surface area contributed by atoms with Crippen molar-refractivity contribution < 1.29 is 14.3 Å². The largest absolute Gasteiger partial charge is 0.481 e. The van der Waals surface area contributed by atoms with Crippen molar-refractivity contribution in [2.24, 2.45) is 0 Å². The first-order valence-corrected chi connectivity index (χ1v) is 8.84. The van der Waals surface area contributed by atoms with E-state index >= 15 is 0 Å². The minimum atomic E-state index is -0.277. The number of benzene rings is 1. The van der Waals surface area contributed by atoms with Crippen LogP contribution in [0, 0.1) is 11.8 Å². The highest BCUT2D eigenvalue weighted by Gasteiger charge is 2.11. The number of unbranched alkanes of at least 4 members (excludes halogenated alkanes) is 1. The maximum absolute atomic E-state index is 12.4. The normalized spacial score (nSPS) is 10.0. The zero-order chi connectivity index (χ0) is 19.5. The zero-order valence-electron chi connectivity index (χ0n) is 15.7. The summed E-state index contributed by atoms with van der Waals surface area (Å²) in [4.78, 5) is 16.5. The van der Waals surface area contributed by atoms with Crippen LogP contribution < -0.4 is 15.8 Å². The van der Waals surface area contributed by atoms with E-state index in [-0.39, 0.29) is 11.7 Å².